The van der Waals surface area contributed by atoms with E-state index >= 15 is 0 Å². The van der Waals surface area contributed by atoms with Crippen LogP contribution < -0.4 is 0 Å². The number of carbonyl (C=O) groups is 1. The molecule has 0 bridgehead atoms. The number of sulfone groups is 1. The van der Waals surface area contributed by atoms with Crippen molar-refractivity contribution in [1.82, 2.24) is 14.7 Å². The number of rotatable bonds is 7. The van der Waals surface area contributed by atoms with E-state index in [9.17, 15) is 13.2 Å². The minimum Gasteiger partial charge on any atom is -0.340 e. The van der Waals surface area contributed by atoms with Crippen LogP contribution in [0.5, 0.6) is 0 Å². The molecular weight excluding hydrogens is 515 g/mol. The number of halogens is 2. The van der Waals surface area contributed by atoms with E-state index in [2.05, 4.69) is 20.2 Å². The smallest absolute Gasteiger partial charge is 0.236 e. The summed E-state index contributed by atoms with van der Waals surface area (Å²) in [6, 6.07) is 10.5. The number of hydrogen-bond acceptors (Lipinski definition) is 7. The normalized spacial score (nSPS) is 18.7. The maximum Gasteiger partial charge on any atom is 0.236 e. The van der Waals surface area contributed by atoms with Gasteiger partial charge in [0.25, 0.3) is 0 Å². The Morgan fingerprint density at radius 2 is 1.85 bits per heavy atom. The van der Waals surface area contributed by atoms with E-state index in [1.54, 1.807) is 40.9 Å². The fourth-order valence-electron chi connectivity index (χ4n) is 4.41. The Kier molecular flexibility index (Phi) is 7.79. The molecule has 0 aliphatic carbocycles. The highest BCUT2D eigenvalue weighted by molar-refractivity contribution is 8.16. The van der Waals surface area contributed by atoms with Gasteiger partial charge < -0.3 is 9.80 Å². The predicted molar refractivity (Wildman–Crippen MR) is 141 cm³/mol. The summed E-state index contributed by atoms with van der Waals surface area (Å²) < 4.78 is 25.7. The van der Waals surface area contributed by atoms with Crippen LogP contribution in [0.3, 0.4) is 0 Å². The van der Waals surface area contributed by atoms with Crippen molar-refractivity contribution >= 4 is 67.5 Å². The van der Waals surface area contributed by atoms with E-state index in [0.29, 0.717) is 36.0 Å². The number of fused-ring (bicyclic) bond motifs is 2. The summed E-state index contributed by atoms with van der Waals surface area (Å²) in [6.07, 6.45) is 0.419. The molecule has 182 valence electrons. The minimum absolute atomic E-state index is 0. The molecule has 1 amide bonds. The van der Waals surface area contributed by atoms with E-state index < -0.39 is 9.84 Å². The topological polar surface area (TPSA) is 73.3 Å². The third-order valence-electron chi connectivity index (χ3n) is 6.21. The second-order valence-electron chi connectivity index (χ2n) is 8.46. The first kappa shape index (κ1) is 25.3. The third kappa shape index (κ3) is 5.39. The van der Waals surface area contributed by atoms with Crippen molar-refractivity contribution in [3.63, 3.8) is 0 Å². The van der Waals surface area contributed by atoms with Crippen LogP contribution in [0.25, 0.3) is 10.8 Å². The molecule has 11 heteroatoms. The molecule has 3 aliphatic rings. The highest BCUT2D eigenvalue weighted by Crippen LogP contribution is 2.29. The SMILES string of the molecule is Cl.O=C1CN(CC2=CSC3=NCCN23)CCN1CCCS(=O)(=O)c1ccc2cc(Cl)ccc2c1. The predicted octanol–water partition coefficient (Wildman–Crippen LogP) is 3.48. The number of piperazine rings is 1. The highest BCUT2D eigenvalue weighted by atomic mass is 35.5. The van der Waals surface area contributed by atoms with Crippen LogP contribution in [0.1, 0.15) is 6.42 Å². The van der Waals surface area contributed by atoms with Gasteiger partial charge in [0.05, 0.1) is 23.7 Å². The molecule has 3 aliphatic heterocycles. The molecular formula is C23H26Cl2N4O3S2. The Hall–Kier alpha value is -1.78. The first-order chi connectivity index (χ1) is 15.9. The van der Waals surface area contributed by atoms with Gasteiger partial charge >= 0.3 is 0 Å². The van der Waals surface area contributed by atoms with Crippen molar-refractivity contribution in [3.05, 3.63) is 52.5 Å². The van der Waals surface area contributed by atoms with Gasteiger partial charge in [0.1, 0.15) is 0 Å². The highest BCUT2D eigenvalue weighted by Gasteiger charge is 2.30. The van der Waals surface area contributed by atoms with Crippen molar-refractivity contribution < 1.29 is 13.2 Å². The zero-order valence-electron chi connectivity index (χ0n) is 18.5. The van der Waals surface area contributed by atoms with E-state index in [1.165, 1.54) is 5.70 Å². The Labute approximate surface area is 215 Å². The van der Waals surface area contributed by atoms with Crippen molar-refractivity contribution in [3.8, 4) is 0 Å². The zero-order valence-corrected chi connectivity index (χ0v) is 21.7. The van der Waals surface area contributed by atoms with Crippen LogP contribution >= 0.6 is 35.8 Å². The first-order valence-corrected chi connectivity index (χ1v) is 13.9. The molecule has 0 spiro atoms. The average Bonchev–Trinajstić information content (AvgIpc) is 3.40. The van der Waals surface area contributed by atoms with Gasteiger partial charge in [0, 0.05) is 43.4 Å². The van der Waals surface area contributed by atoms with Crippen LogP contribution in [-0.4, -0.2) is 85.8 Å². The zero-order chi connectivity index (χ0) is 23.0. The standard InChI is InChI=1S/C23H25ClN4O3S2.ClH/c24-19-4-2-18-13-21(5-3-17(18)12-19)33(30,31)11-1-7-27-10-9-26(15-22(27)29)14-20-16-32-23-25-6-8-28(20)23;/h2-5,12-13,16H,1,6-11,14-15H2;1H. The molecule has 1 fully saturated rings. The molecule has 1 saturated heterocycles. The maximum absolute atomic E-state index is 12.8. The van der Waals surface area contributed by atoms with E-state index in [0.717, 1.165) is 42.1 Å². The van der Waals surface area contributed by atoms with Gasteiger partial charge in [-0.1, -0.05) is 35.5 Å². The molecule has 2 aromatic carbocycles. The van der Waals surface area contributed by atoms with Crippen molar-refractivity contribution in [2.45, 2.75) is 11.3 Å². The fourth-order valence-corrected chi connectivity index (χ4v) is 6.86. The fraction of sp³-hybridized carbons (Fsp3) is 0.391. The number of amidine groups is 1. The van der Waals surface area contributed by atoms with E-state index in [4.69, 9.17) is 11.6 Å². The van der Waals surface area contributed by atoms with Gasteiger partial charge in [-0.05, 0) is 46.9 Å². The van der Waals surface area contributed by atoms with Gasteiger partial charge in [-0.15, -0.1) is 12.4 Å². The van der Waals surface area contributed by atoms with E-state index in [1.807, 2.05) is 12.1 Å². The van der Waals surface area contributed by atoms with Gasteiger partial charge in [-0.3, -0.25) is 14.7 Å². The summed E-state index contributed by atoms with van der Waals surface area (Å²) in [4.78, 5) is 23.6. The Morgan fingerprint density at radius 3 is 2.68 bits per heavy atom. The van der Waals surface area contributed by atoms with Crippen LogP contribution in [0.2, 0.25) is 5.02 Å². The van der Waals surface area contributed by atoms with E-state index in [-0.39, 0.29) is 24.1 Å². The monoisotopic (exact) mass is 540 g/mol. The molecule has 2 aromatic rings. The molecule has 0 saturated carbocycles. The number of nitrogens with zero attached hydrogens (tertiary/aromatic N) is 4. The van der Waals surface area contributed by atoms with Crippen LogP contribution in [-0.2, 0) is 14.6 Å². The number of carbonyl (C=O) groups excluding carboxylic acids is 1. The average molecular weight is 542 g/mol. The van der Waals surface area contributed by atoms with Gasteiger partial charge in [0.15, 0.2) is 15.0 Å². The molecule has 0 N–H and O–H groups in total. The number of benzene rings is 2. The summed E-state index contributed by atoms with van der Waals surface area (Å²) in [6.45, 7) is 4.72. The second-order valence-corrected chi connectivity index (χ2v) is 11.8. The summed E-state index contributed by atoms with van der Waals surface area (Å²) in [5.41, 5.74) is 1.21. The van der Waals surface area contributed by atoms with Gasteiger partial charge in [-0.2, -0.15) is 0 Å². The lowest BCUT2D eigenvalue weighted by molar-refractivity contribution is -0.135. The van der Waals surface area contributed by atoms with Gasteiger partial charge in [-0.25, -0.2) is 8.42 Å². The third-order valence-corrected chi connectivity index (χ3v) is 9.19. The number of hydrogen-bond donors (Lipinski definition) is 0. The number of aliphatic imine (C=N–C) groups is 1. The minimum atomic E-state index is -3.42. The van der Waals surface area contributed by atoms with Crippen molar-refractivity contribution in [2.24, 2.45) is 4.99 Å². The molecule has 5 rings (SSSR count). The number of thioether (sulfide) groups is 1. The Balaban J connectivity index is 0.00000274. The van der Waals surface area contributed by atoms with Crippen LogP contribution in [0.4, 0.5) is 0 Å². The van der Waals surface area contributed by atoms with Gasteiger partial charge in [0.2, 0.25) is 5.91 Å². The maximum atomic E-state index is 12.8. The lowest BCUT2D eigenvalue weighted by atomic mass is 10.1. The van der Waals surface area contributed by atoms with Crippen LogP contribution in [0.15, 0.2) is 57.4 Å². The van der Waals surface area contributed by atoms with Crippen molar-refractivity contribution in [2.75, 3.05) is 51.6 Å². The molecule has 0 unspecified atom stereocenters. The molecule has 0 atom stereocenters. The molecule has 34 heavy (non-hydrogen) atoms. The molecule has 0 aromatic heterocycles. The Bertz CT molecular complexity index is 1270. The lowest BCUT2D eigenvalue weighted by Crippen LogP contribution is -2.51. The number of amides is 1. The molecule has 3 heterocycles. The Morgan fingerprint density at radius 1 is 1.06 bits per heavy atom. The summed E-state index contributed by atoms with van der Waals surface area (Å²) in [5.74, 6) is 0.0728. The second kappa shape index (κ2) is 10.5. The molecule has 0 radical (unpaired) electrons. The largest absolute Gasteiger partial charge is 0.340 e. The summed E-state index contributed by atoms with van der Waals surface area (Å²) in [5, 5.41) is 5.56. The lowest BCUT2D eigenvalue weighted by Gasteiger charge is -2.35. The van der Waals surface area contributed by atoms with Crippen molar-refractivity contribution in [1.29, 1.82) is 0 Å². The summed E-state index contributed by atoms with van der Waals surface area (Å²) >= 11 is 7.66. The summed E-state index contributed by atoms with van der Waals surface area (Å²) in [7, 11) is -3.42. The quantitative estimate of drug-likeness (QED) is 0.535. The first-order valence-electron chi connectivity index (χ1n) is 11.0. The molecule has 7 nitrogen and oxygen atoms in total. The van der Waals surface area contributed by atoms with Crippen LogP contribution in [0, 0.1) is 0 Å².